The van der Waals surface area contributed by atoms with Gasteiger partial charge in [0.15, 0.2) is 17.3 Å². The molecule has 2 fully saturated rings. The van der Waals surface area contributed by atoms with Crippen molar-refractivity contribution in [3.63, 3.8) is 0 Å². The second kappa shape index (κ2) is 11.2. The van der Waals surface area contributed by atoms with Gasteiger partial charge in [-0.05, 0) is 19.3 Å². The molecular formula is C22H28FN9O6S. The van der Waals surface area contributed by atoms with Crippen LogP contribution in [0.15, 0.2) is 18.7 Å². The van der Waals surface area contributed by atoms with Crippen molar-refractivity contribution in [1.29, 1.82) is 0 Å². The second-order valence-corrected chi connectivity index (χ2v) is 10.9. The van der Waals surface area contributed by atoms with E-state index < -0.39 is 33.3 Å². The van der Waals surface area contributed by atoms with Crippen molar-refractivity contribution < 1.29 is 31.8 Å². The molecule has 5 rings (SSSR count). The topological polar surface area (TPSA) is 169 Å². The summed E-state index contributed by atoms with van der Waals surface area (Å²) in [5.41, 5.74) is 0.218. The Kier molecular flexibility index (Phi) is 7.72. The van der Waals surface area contributed by atoms with Crippen LogP contribution in [-0.4, -0.2) is 95.5 Å². The summed E-state index contributed by atoms with van der Waals surface area (Å²) in [7, 11) is 0.241. The van der Waals surface area contributed by atoms with Crippen LogP contribution in [-0.2, 0) is 19.5 Å². The molecule has 2 aliphatic heterocycles. The van der Waals surface area contributed by atoms with E-state index in [1.165, 1.54) is 32.2 Å². The Morgan fingerprint density at radius 2 is 1.77 bits per heavy atom. The molecule has 1 unspecified atom stereocenters. The van der Waals surface area contributed by atoms with Crippen LogP contribution >= 0.6 is 0 Å². The Labute approximate surface area is 223 Å². The SMILES string of the molecule is COc1ncnc(OC)c1-n1c(NS(=O)(=O)[C@@H]2C[C@@H](OC)CN(c3ncc(F)cn3)C2)nnc1C1CCCO1. The lowest BCUT2D eigenvalue weighted by Crippen LogP contribution is -2.51. The number of hydrogen-bond donors (Lipinski definition) is 1. The lowest BCUT2D eigenvalue weighted by atomic mass is 10.1. The zero-order chi connectivity index (χ0) is 27.6. The molecule has 210 valence electrons. The Morgan fingerprint density at radius 3 is 2.38 bits per heavy atom. The Balaban J connectivity index is 1.52. The van der Waals surface area contributed by atoms with Crippen molar-refractivity contribution in [2.24, 2.45) is 0 Å². The van der Waals surface area contributed by atoms with E-state index in [0.717, 1.165) is 18.8 Å². The molecule has 0 amide bonds. The summed E-state index contributed by atoms with van der Waals surface area (Å²) < 4.78 is 67.2. The van der Waals surface area contributed by atoms with Crippen molar-refractivity contribution in [1.82, 2.24) is 34.7 Å². The molecule has 0 aromatic carbocycles. The number of halogens is 1. The van der Waals surface area contributed by atoms with E-state index in [0.29, 0.717) is 25.4 Å². The third-order valence-corrected chi connectivity index (χ3v) is 8.23. The number of ether oxygens (including phenoxy) is 4. The van der Waals surface area contributed by atoms with Crippen molar-refractivity contribution in [2.75, 3.05) is 50.6 Å². The fourth-order valence-electron chi connectivity index (χ4n) is 4.66. The molecular weight excluding hydrogens is 537 g/mol. The molecule has 0 bridgehead atoms. The van der Waals surface area contributed by atoms with Crippen LogP contribution in [0.25, 0.3) is 5.69 Å². The average Bonchev–Trinajstić information content (AvgIpc) is 3.62. The molecule has 0 saturated carbocycles. The Bertz CT molecular complexity index is 1380. The predicted molar refractivity (Wildman–Crippen MR) is 134 cm³/mol. The van der Waals surface area contributed by atoms with Gasteiger partial charge in [-0.1, -0.05) is 0 Å². The van der Waals surface area contributed by atoms with Gasteiger partial charge >= 0.3 is 0 Å². The quantitative estimate of drug-likeness (QED) is 0.389. The fraction of sp³-hybridized carbons (Fsp3) is 0.545. The molecule has 15 nitrogen and oxygen atoms in total. The maximum atomic E-state index is 13.8. The predicted octanol–water partition coefficient (Wildman–Crippen LogP) is 0.891. The lowest BCUT2D eigenvalue weighted by Gasteiger charge is -2.36. The molecule has 3 atom stereocenters. The Hall–Kier alpha value is -3.70. The standard InChI is InChI=1S/C22H28FN9O6S/c1-35-14-7-15(11-31(10-14)21-24-8-13(23)9-25-21)39(33,34)30-22-29-28-18(16-5-4-6-38-16)32(22)17-19(36-2)26-12-27-20(17)37-3/h8-9,12,14-16H,4-7,10-11H2,1-3H3,(H,29,30)/t14-,15-,16?/m1/s1. The van der Waals surface area contributed by atoms with E-state index in [1.807, 2.05) is 0 Å². The van der Waals surface area contributed by atoms with Crippen LogP contribution in [0.1, 0.15) is 31.2 Å². The number of sulfonamides is 1. The number of piperidine rings is 1. The van der Waals surface area contributed by atoms with Gasteiger partial charge in [0.25, 0.3) is 0 Å². The summed E-state index contributed by atoms with van der Waals surface area (Å²) in [4.78, 5) is 17.9. The summed E-state index contributed by atoms with van der Waals surface area (Å²) in [6.07, 6.45) is 4.09. The van der Waals surface area contributed by atoms with Crippen LogP contribution in [0, 0.1) is 5.82 Å². The van der Waals surface area contributed by atoms with Gasteiger partial charge in [-0.2, -0.15) is 9.97 Å². The number of aromatic nitrogens is 7. The van der Waals surface area contributed by atoms with Gasteiger partial charge in [0, 0.05) is 26.8 Å². The first-order valence-electron chi connectivity index (χ1n) is 12.1. The molecule has 0 spiro atoms. The molecule has 0 aliphatic carbocycles. The van der Waals surface area contributed by atoms with Crippen LogP contribution in [0.5, 0.6) is 11.8 Å². The maximum Gasteiger partial charge on any atom is 0.245 e. The summed E-state index contributed by atoms with van der Waals surface area (Å²) in [6, 6.07) is 0. The molecule has 1 N–H and O–H groups in total. The van der Waals surface area contributed by atoms with Gasteiger partial charge in [-0.3, -0.25) is 9.29 Å². The van der Waals surface area contributed by atoms with Crippen LogP contribution in [0.3, 0.4) is 0 Å². The zero-order valence-corrected chi connectivity index (χ0v) is 22.3. The second-order valence-electron chi connectivity index (χ2n) is 8.93. The van der Waals surface area contributed by atoms with Crippen molar-refractivity contribution in [3.8, 4) is 17.4 Å². The minimum atomic E-state index is -4.10. The van der Waals surface area contributed by atoms with Gasteiger partial charge < -0.3 is 23.8 Å². The lowest BCUT2D eigenvalue weighted by molar-refractivity contribution is 0.0898. The number of rotatable bonds is 9. The minimum Gasteiger partial charge on any atom is -0.479 e. The monoisotopic (exact) mass is 565 g/mol. The Morgan fingerprint density at radius 1 is 1.05 bits per heavy atom. The molecule has 2 aliphatic rings. The first-order valence-corrected chi connectivity index (χ1v) is 13.7. The molecule has 3 aromatic heterocycles. The number of nitrogens with zero attached hydrogens (tertiary/aromatic N) is 8. The normalized spacial score (nSPS) is 21.6. The average molecular weight is 566 g/mol. The van der Waals surface area contributed by atoms with Gasteiger partial charge in [-0.25, -0.2) is 22.8 Å². The van der Waals surface area contributed by atoms with Gasteiger partial charge in [0.2, 0.25) is 33.7 Å². The highest BCUT2D eigenvalue weighted by molar-refractivity contribution is 7.93. The summed E-state index contributed by atoms with van der Waals surface area (Å²) in [6.45, 7) is 0.901. The maximum absolute atomic E-state index is 13.8. The third-order valence-electron chi connectivity index (χ3n) is 6.54. The molecule has 5 heterocycles. The molecule has 2 saturated heterocycles. The van der Waals surface area contributed by atoms with E-state index in [4.69, 9.17) is 18.9 Å². The van der Waals surface area contributed by atoms with Crippen LogP contribution in [0.4, 0.5) is 16.3 Å². The van der Waals surface area contributed by atoms with Crippen molar-refractivity contribution >= 4 is 21.9 Å². The van der Waals surface area contributed by atoms with Gasteiger partial charge in [0.1, 0.15) is 17.7 Å². The molecule has 0 radical (unpaired) electrons. The number of hydrogen-bond acceptors (Lipinski definition) is 13. The molecule has 3 aromatic rings. The first-order chi connectivity index (χ1) is 18.8. The van der Waals surface area contributed by atoms with Crippen molar-refractivity contribution in [3.05, 3.63) is 30.4 Å². The minimum absolute atomic E-state index is 0.0364. The molecule has 17 heteroatoms. The first kappa shape index (κ1) is 26.9. The number of methoxy groups -OCH3 is 3. The fourth-order valence-corrected chi connectivity index (χ4v) is 6.05. The highest BCUT2D eigenvalue weighted by atomic mass is 32.2. The van der Waals surface area contributed by atoms with Crippen LogP contribution < -0.4 is 19.1 Å². The van der Waals surface area contributed by atoms with Gasteiger partial charge in [0.05, 0.1) is 32.7 Å². The van der Waals surface area contributed by atoms with E-state index >= 15 is 0 Å². The summed E-state index contributed by atoms with van der Waals surface area (Å²) >= 11 is 0. The highest BCUT2D eigenvalue weighted by Gasteiger charge is 2.39. The van der Waals surface area contributed by atoms with Gasteiger partial charge in [-0.15, -0.1) is 10.2 Å². The van der Waals surface area contributed by atoms with E-state index in [-0.39, 0.29) is 42.3 Å². The summed E-state index contributed by atoms with van der Waals surface area (Å²) in [5, 5.41) is 7.46. The summed E-state index contributed by atoms with van der Waals surface area (Å²) in [5.74, 6) is 0.0728. The van der Waals surface area contributed by atoms with Crippen LogP contribution in [0.2, 0.25) is 0 Å². The largest absolute Gasteiger partial charge is 0.479 e. The smallest absolute Gasteiger partial charge is 0.245 e. The third kappa shape index (κ3) is 5.41. The highest BCUT2D eigenvalue weighted by Crippen LogP contribution is 2.37. The van der Waals surface area contributed by atoms with E-state index in [2.05, 4.69) is 34.9 Å². The number of anilines is 2. The van der Waals surface area contributed by atoms with Crippen molar-refractivity contribution in [2.45, 2.75) is 36.7 Å². The van der Waals surface area contributed by atoms with E-state index in [9.17, 15) is 12.8 Å². The van der Waals surface area contributed by atoms with E-state index in [1.54, 1.807) is 4.90 Å². The molecule has 39 heavy (non-hydrogen) atoms. The zero-order valence-electron chi connectivity index (χ0n) is 21.5. The number of nitrogens with one attached hydrogen (secondary N) is 1.